The van der Waals surface area contributed by atoms with E-state index in [-0.39, 0.29) is 11.3 Å². The number of hydrogen-bond acceptors (Lipinski definition) is 5. The van der Waals surface area contributed by atoms with Crippen molar-refractivity contribution in [3.05, 3.63) is 53.2 Å². The smallest absolute Gasteiger partial charge is 0.339 e. The number of nitrogens with zero attached hydrogens (tertiary/aromatic N) is 1. The summed E-state index contributed by atoms with van der Waals surface area (Å²) in [4.78, 5) is 27.7. The van der Waals surface area contributed by atoms with Gasteiger partial charge in [0.1, 0.15) is 11.6 Å². The first-order valence-corrected chi connectivity index (χ1v) is 6.76. The molecule has 0 bridgehead atoms. The summed E-state index contributed by atoms with van der Waals surface area (Å²) in [5.74, 6) is -0.988. The van der Waals surface area contributed by atoms with E-state index in [0.717, 1.165) is 0 Å². The van der Waals surface area contributed by atoms with E-state index in [9.17, 15) is 14.7 Å². The van der Waals surface area contributed by atoms with Crippen LogP contribution in [0, 0.1) is 0 Å². The highest BCUT2D eigenvalue weighted by atomic mass is 35.5. The second-order valence-electron chi connectivity index (χ2n) is 4.45. The zero-order valence-electron chi connectivity index (χ0n) is 11.6. The van der Waals surface area contributed by atoms with Gasteiger partial charge in [0.2, 0.25) is 0 Å². The van der Waals surface area contributed by atoms with E-state index >= 15 is 0 Å². The molecule has 0 aliphatic heterocycles. The third kappa shape index (κ3) is 4.20. The van der Waals surface area contributed by atoms with Gasteiger partial charge >= 0.3 is 5.97 Å². The van der Waals surface area contributed by atoms with Crippen LogP contribution in [0.1, 0.15) is 17.3 Å². The molecular weight excluding hydrogens is 308 g/mol. The normalized spacial score (nSPS) is 11.5. The molecule has 7 heteroatoms. The van der Waals surface area contributed by atoms with Gasteiger partial charge in [0.05, 0.1) is 10.6 Å². The van der Waals surface area contributed by atoms with Crippen LogP contribution in [-0.4, -0.2) is 28.1 Å². The summed E-state index contributed by atoms with van der Waals surface area (Å²) in [6.07, 6.45) is 0.368. The number of aromatic nitrogens is 1. The number of hydrogen-bond donors (Lipinski definition) is 2. The molecule has 2 rings (SSSR count). The number of benzene rings is 1. The third-order valence-corrected chi connectivity index (χ3v) is 2.94. The number of halogens is 1. The zero-order valence-corrected chi connectivity index (χ0v) is 12.4. The van der Waals surface area contributed by atoms with Crippen molar-refractivity contribution in [2.75, 3.05) is 5.32 Å². The lowest BCUT2D eigenvalue weighted by atomic mass is 10.2. The van der Waals surface area contributed by atoms with Gasteiger partial charge in [0, 0.05) is 6.20 Å². The number of anilines is 1. The van der Waals surface area contributed by atoms with E-state index < -0.39 is 18.0 Å². The molecule has 1 atom stereocenters. The van der Waals surface area contributed by atoms with E-state index in [2.05, 4.69) is 10.3 Å². The Kier molecular flexibility index (Phi) is 4.95. The number of amides is 1. The lowest BCUT2D eigenvalue weighted by Crippen LogP contribution is -2.30. The molecule has 2 aromatic rings. The summed E-state index contributed by atoms with van der Waals surface area (Å²) in [6.45, 7) is 1.44. The number of nitrogens with one attached hydrogen (secondary N) is 1. The maximum absolute atomic E-state index is 11.9. The fourth-order valence-electron chi connectivity index (χ4n) is 1.59. The summed E-state index contributed by atoms with van der Waals surface area (Å²) < 4.78 is 5.03. The lowest BCUT2D eigenvalue weighted by Gasteiger charge is -2.13. The topological polar surface area (TPSA) is 88.5 Å². The number of pyridine rings is 1. The van der Waals surface area contributed by atoms with Crippen LogP contribution >= 0.6 is 11.6 Å². The highest BCUT2D eigenvalue weighted by Gasteiger charge is 2.19. The van der Waals surface area contributed by atoms with E-state index in [1.807, 2.05) is 0 Å². The Labute approximate surface area is 131 Å². The predicted octanol–water partition coefficient (Wildman–Crippen LogP) is 2.62. The van der Waals surface area contributed by atoms with Crippen LogP contribution in [0.25, 0.3) is 0 Å². The molecular formula is C15H13ClN2O4. The van der Waals surface area contributed by atoms with Crippen molar-refractivity contribution in [1.82, 2.24) is 4.98 Å². The predicted molar refractivity (Wildman–Crippen MR) is 80.9 cm³/mol. The second-order valence-corrected chi connectivity index (χ2v) is 4.89. The quantitative estimate of drug-likeness (QED) is 0.845. The van der Waals surface area contributed by atoms with E-state index in [0.29, 0.717) is 10.8 Å². The Morgan fingerprint density at radius 1 is 1.32 bits per heavy atom. The van der Waals surface area contributed by atoms with Gasteiger partial charge in [-0.15, -0.1) is 0 Å². The minimum absolute atomic E-state index is 0.0584. The zero-order chi connectivity index (χ0) is 16.1. The summed E-state index contributed by atoms with van der Waals surface area (Å²) >= 11 is 5.70. The molecule has 0 spiro atoms. The van der Waals surface area contributed by atoms with Gasteiger partial charge in [-0.25, -0.2) is 9.78 Å². The number of phenolic OH excluding ortho intramolecular Hbond substituents is 1. The summed E-state index contributed by atoms with van der Waals surface area (Å²) in [7, 11) is 0. The second kappa shape index (κ2) is 6.91. The maximum Gasteiger partial charge on any atom is 0.339 e. The van der Waals surface area contributed by atoms with Crippen LogP contribution in [0.2, 0.25) is 5.02 Å². The first-order chi connectivity index (χ1) is 10.5. The molecule has 0 aliphatic carbocycles. The molecule has 0 radical (unpaired) electrons. The van der Waals surface area contributed by atoms with E-state index in [4.69, 9.17) is 16.3 Å². The summed E-state index contributed by atoms with van der Waals surface area (Å²) in [5.41, 5.74) is 0.157. The Bertz CT molecular complexity index is 688. The number of carbonyl (C=O) groups is 2. The minimum Gasteiger partial charge on any atom is -0.508 e. The monoisotopic (exact) mass is 320 g/mol. The van der Waals surface area contributed by atoms with E-state index in [1.54, 1.807) is 6.07 Å². The van der Waals surface area contributed by atoms with Crippen LogP contribution in [-0.2, 0) is 9.53 Å². The standard InChI is InChI=1S/C15H13ClN2O4/c1-9(14(20)18-13-6-5-11(16)8-17-13)22-15(21)10-3-2-4-12(19)7-10/h2-9,19H,1H3,(H,17,18,20)/t9-/m1/s1. The van der Waals surface area contributed by atoms with Crippen molar-refractivity contribution in [2.45, 2.75) is 13.0 Å². The van der Waals surface area contributed by atoms with E-state index in [1.165, 1.54) is 43.5 Å². The molecule has 0 saturated heterocycles. The molecule has 0 aliphatic rings. The van der Waals surface area contributed by atoms with Crippen molar-refractivity contribution in [1.29, 1.82) is 0 Å². The molecule has 1 aromatic heterocycles. The van der Waals surface area contributed by atoms with Gasteiger partial charge in [-0.2, -0.15) is 0 Å². The van der Waals surface area contributed by atoms with Crippen molar-refractivity contribution in [3.63, 3.8) is 0 Å². The van der Waals surface area contributed by atoms with Crippen LogP contribution in [0.3, 0.4) is 0 Å². The van der Waals surface area contributed by atoms with Crippen molar-refractivity contribution in [2.24, 2.45) is 0 Å². The molecule has 1 heterocycles. The van der Waals surface area contributed by atoms with Gasteiger partial charge in [0.15, 0.2) is 6.10 Å². The maximum atomic E-state index is 11.9. The molecule has 0 fully saturated rings. The van der Waals surface area contributed by atoms with Crippen LogP contribution in [0.5, 0.6) is 5.75 Å². The molecule has 6 nitrogen and oxygen atoms in total. The van der Waals surface area contributed by atoms with Gasteiger partial charge in [-0.05, 0) is 37.3 Å². The average Bonchev–Trinajstić information content (AvgIpc) is 2.49. The first-order valence-electron chi connectivity index (χ1n) is 6.38. The fourth-order valence-corrected chi connectivity index (χ4v) is 1.70. The van der Waals surface area contributed by atoms with Crippen molar-refractivity contribution < 1.29 is 19.4 Å². The third-order valence-electron chi connectivity index (χ3n) is 2.71. The minimum atomic E-state index is -1.02. The SMILES string of the molecule is C[C@@H](OC(=O)c1cccc(O)c1)C(=O)Nc1ccc(Cl)cn1. The largest absolute Gasteiger partial charge is 0.508 e. The number of ether oxygens (including phenoxy) is 1. The Balaban J connectivity index is 1.96. The number of phenols is 1. The average molecular weight is 321 g/mol. The van der Waals surface area contributed by atoms with Crippen molar-refractivity contribution in [3.8, 4) is 5.75 Å². The molecule has 114 valence electrons. The summed E-state index contributed by atoms with van der Waals surface area (Å²) in [6, 6.07) is 8.78. The molecule has 1 amide bonds. The Hall–Kier alpha value is -2.60. The highest BCUT2D eigenvalue weighted by Crippen LogP contribution is 2.14. The molecule has 2 N–H and O–H groups in total. The highest BCUT2D eigenvalue weighted by molar-refractivity contribution is 6.30. The fraction of sp³-hybridized carbons (Fsp3) is 0.133. The number of carbonyl (C=O) groups excluding carboxylic acids is 2. The van der Waals surface area contributed by atoms with Gasteiger partial charge < -0.3 is 15.2 Å². The van der Waals surface area contributed by atoms with Crippen LogP contribution in [0.15, 0.2) is 42.6 Å². The number of aromatic hydroxyl groups is 1. The molecule has 0 saturated carbocycles. The molecule has 0 unspecified atom stereocenters. The molecule has 22 heavy (non-hydrogen) atoms. The van der Waals surface area contributed by atoms with Crippen LogP contribution in [0.4, 0.5) is 5.82 Å². The number of esters is 1. The molecule has 1 aromatic carbocycles. The lowest BCUT2D eigenvalue weighted by molar-refractivity contribution is -0.123. The Morgan fingerprint density at radius 3 is 2.73 bits per heavy atom. The summed E-state index contributed by atoms with van der Waals surface area (Å²) in [5, 5.41) is 12.3. The van der Waals surface area contributed by atoms with Crippen LogP contribution < -0.4 is 5.32 Å². The van der Waals surface area contributed by atoms with Crippen molar-refractivity contribution >= 4 is 29.3 Å². The number of rotatable bonds is 4. The Morgan fingerprint density at radius 2 is 2.09 bits per heavy atom. The first kappa shape index (κ1) is 15.8. The van der Waals surface area contributed by atoms with Gasteiger partial charge in [-0.3, -0.25) is 4.79 Å². The van der Waals surface area contributed by atoms with Gasteiger partial charge in [0.25, 0.3) is 5.91 Å². The van der Waals surface area contributed by atoms with Gasteiger partial charge in [-0.1, -0.05) is 17.7 Å².